The fraction of sp³-hybridized carbons (Fsp3) is 0.389. The summed E-state index contributed by atoms with van der Waals surface area (Å²) in [7, 11) is 3.93. The highest BCUT2D eigenvalue weighted by molar-refractivity contribution is 9.10. The van der Waals surface area contributed by atoms with Crippen molar-refractivity contribution in [3.8, 4) is 6.07 Å². The van der Waals surface area contributed by atoms with Gasteiger partial charge in [0, 0.05) is 49.6 Å². The van der Waals surface area contributed by atoms with E-state index in [2.05, 4.69) is 48.3 Å². The van der Waals surface area contributed by atoms with Gasteiger partial charge in [0.05, 0.1) is 11.6 Å². The smallest absolute Gasteiger partial charge is 0.224 e. The van der Waals surface area contributed by atoms with Gasteiger partial charge in [-0.25, -0.2) is 4.98 Å². The molecule has 1 N–H and O–H groups in total. The first kappa shape index (κ1) is 17.5. The van der Waals surface area contributed by atoms with Crippen LogP contribution in [0.1, 0.15) is 18.4 Å². The molecule has 25 heavy (non-hydrogen) atoms. The van der Waals surface area contributed by atoms with Gasteiger partial charge in [0.25, 0.3) is 0 Å². The van der Waals surface area contributed by atoms with Crippen molar-refractivity contribution >= 4 is 33.4 Å². The molecule has 3 rings (SSSR count). The van der Waals surface area contributed by atoms with Gasteiger partial charge >= 0.3 is 0 Å². The number of anilines is 3. The SMILES string of the molecule is CN(C)c1ccnc(NC2CCCN(c3cc(Br)cc(C#N)c3)C2)n1. The van der Waals surface area contributed by atoms with Crippen molar-refractivity contribution in [3.63, 3.8) is 0 Å². The number of benzene rings is 1. The highest BCUT2D eigenvalue weighted by Crippen LogP contribution is 2.26. The lowest BCUT2D eigenvalue weighted by Gasteiger charge is -2.35. The normalized spacial score (nSPS) is 17.0. The molecule has 7 heteroatoms. The van der Waals surface area contributed by atoms with E-state index in [4.69, 9.17) is 0 Å². The first-order chi connectivity index (χ1) is 12.0. The van der Waals surface area contributed by atoms with E-state index in [1.807, 2.05) is 37.2 Å². The predicted octanol–water partition coefficient (Wildman–Crippen LogP) is 3.26. The van der Waals surface area contributed by atoms with Crippen molar-refractivity contribution in [2.75, 3.05) is 42.3 Å². The average molecular weight is 401 g/mol. The second kappa shape index (κ2) is 7.70. The van der Waals surface area contributed by atoms with Crippen LogP contribution in [0.15, 0.2) is 34.9 Å². The molecule has 0 radical (unpaired) electrons. The minimum Gasteiger partial charge on any atom is -0.369 e. The number of aromatic nitrogens is 2. The molecular formula is C18H21BrN6. The van der Waals surface area contributed by atoms with Crippen molar-refractivity contribution in [2.45, 2.75) is 18.9 Å². The summed E-state index contributed by atoms with van der Waals surface area (Å²) in [5.74, 6) is 1.54. The standard InChI is InChI=1S/C18H21BrN6/c1-24(2)17-5-6-21-18(23-17)22-15-4-3-7-25(12-15)16-9-13(11-20)8-14(19)10-16/h5-6,8-10,15H,3-4,7,12H2,1-2H3,(H,21,22,23). The lowest BCUT2D eigenvalue weighted by atomic mass is 10.0. The highest BCUT2D eigenvalue weighted by Gasteiger charge is 2.21. The van der Waals surface area contributed by atoms with Gasteiger partial charge < -0.3 is 15.1 Å². The number of hydrogen-bond acceptors (Lipinski definition) is 6. The first-order valence-electron chi connectivity index (χ1n) is 8.27. The van der Waals surface area contributed by atoms with Crippen molar-refractivity contribution in [2.24, 2.45) is 0 Å². The zero-order chi connectivity index (χ0) is 17.8. The van der Waals surface area contributed by atoms with Gasteiger partial charge in [0.2, 0.25) is 5.95 Å². The molecule has 130 valence electrons. The minimum absolute atomic E-state index is 0.274. The third-order valence-electron chi connectivity index (χ3n) is 4.23. The second-order valence-corrected chi connectivity index (χ2v) is 7.29. The van der Waals surface area contributed by atoms with Crippen LogP contribution < -0.4 is 15.1 Å². The quantitative estimate of drug-likeness (QED) is 0.849. The molecule has 6 nitrogen and oxygen atoms in total. The molecule has 1 saturated heterocycles. The van der Waals surface area contributed by atoms with Crippen molar-refractivity contribution in [3.05, 3.63) is 40.5 Å². The van der Waals surface area contributed by atoms with Gasteiger partial charge in [0.15, 0.2) is 0 Å². The number of nitrogens with zero attached hydrogens (tertiary/aromatic N) is 5. The van der Waals surface area contributed by atoms with E-state index < -0.39 is 0 Å². The Morgan fingerprint density at radius 3 is 2.96 bits per heavy atom. The van der Waals surface area contributed by atoms with Gasteiger partial charge in [-0.05, 0) is 37.1 Å². The van der Waals surface area contributed by atoms with Crippen molar-refractivity contribution < 1.29 is 0 Å². The predicted molar refractivity (Wildman–Crippen MR) is 104 cm³/mol. The summed E-state index contributed by atoms with van der Waals surface area (Å²) in [5, 5.41) is 12.6. The molecule has 2 heterocycles. The Morgan fingerprint density at radius 2 is 2.20 bits per heavy atom. The van der Waals surface area contributed by atoms with Crippen LogP contribution in [0, 0.1) is 11.3 Å². The zero-order valence-electron chi connectivity index (χ0n) is 14.4. The first-order valence-corrected chi connectivity index (χ1v) is 9.07. The molecule has 0 spiro atoms. The van der Waals surface area contributed by atoms with Crippen LogP contribution in [0.2, 0.25) is 0 Å². The van der Waals surface area contributed by atoms with Crippen LogP contribution in [0.5, 0.6) is 0 Å². The van der Waals surface area contributed by atoms with Gasteiger partial charge in [-0.2, -0.15) is 10.2 Å². The van der Waals surface area contributed by atoms with E-state index in [0.29, 0.717) is 11.5 Å². The van der Waals surface area contributed by atoms with E-state index >= 15 is 0 Å². The maximum Gasteiger partial charge on any atom is 0.224 e. The van der Waals surface area contributed by atoms with Crippen LogP contribution in [-0.4, -0.2) is 43.2 Å². The van der Waals surface area contributed by atoms with Crippen LogP contribution in [0.3, 0.4) is 0 Å². The molecule has 1 fully saturated rings. The molecule has 0 saturated carbocycles. The van der Waals surface area contributed by atoms with Gasteiger partial charge in [-0.15, -0.1) is 0 Å². The molecule has 1 unspecified atom stereocenters. The summed E-state index contributed by atoms with van der Waals surface area (Å²) in [5.41, 5.74) is 1.74. The Bertz CT molecular complexity index is 785. The Morgan fingerprint density at radius 1 is 1.36 bits per heavy atom. The number of nitrogens with one attached hydrogen (secondary N) is 1. The molecule has 1 aromatic carbocycles. The topological polar surface area (TPSA) is 68.1 Å². The lowest BCUT2D eigenvalue weighted by Crippen LogP contribution is -2.42. The molecule has 1 atom stereocenters. The zero-order valence-corrected chi connectivity index (χ0v) is 16.0. The molecule has 1 aromatic heterocycles. The summed E-state index contributed by atoms with van der Waals surface area (Å²) in [6, 6.07) is 10.2. The number of halogens is 1. The fourth-order valence-electron chi connectivity index (χ4n) is 3.00. The number of piperidine rings is 1. The summed E-state index contributed by atoms with van der Waals surface area (Å²) >= 11 is 3.49. The molecular weight excluding hydrogens is 380 g/mol. The monoisotopic (exact) mass is 400 g/mol. The lowest BCUT2D eigenvalue weighted by molar-refractivity contribution is 0.527. The highest BCUT2D eigenvalue weighted by atomic mass is 79.9. The van der Waals surface area contributed by atoms with Crippen LogP contribution in [0.25, 0.3) is 0 Å². The van der Waals surface area contributed by atoms with E-state index in [0.717, 1.165) is 41.9 Å². The van der Waals surface area contributed by atoms with Crippen LogP contribution in [-0.2, 0) is 0 Å². The largest absolute Gasteiger partial charge is 0.369 e. The second-order valence-electron chi connectivity index (χ2n) is 6.37. The van der Waals surface area contributed by atoms with E-state index in [9.17, 15) is 5.26 Å². The third-order valence-corrected chi connectivity index (χ3v) is 4.69. The van der Waals surface area contributed by atoms with Gasteiger partial charge in [-0.3, -0.25) is 0 Å². The number of hydrogen-bond donors (Lipinski definition) is 1. The van der Waals surface area contributed by atoms with Gasteiger partial charge in [0.1, 0.15) is 5.82 Å². The summed E-state index contributed by atoms with van der Waals surface area (Å²) in [6.07, 6.45) is 3.93. The van der Waals surface area contributed by atoms with Crippen LogP contribution >= 0.6 is 15.9 Å². The maximum atomic E-state index is 9.18. The van der Waals surface area contributed by atoms with Gasteiger partial charge in [-0.1, -0.05) is 15.9 Å². The fourth-order valence-corrected chi connectivity index (χ4v) is 3.48. The van der Waals surface area contributed by atoms with E-state index in [-0.39, 0.29) is 6.04 Å². The third kappa shape index (κ3) is 4.40. The Hall–Kier alpha value is -2.33. The van der Waals surface area contributed by atoms with Crippen molar-refractivity contribution in [1.82, 2.24) is 9.97 Å². The molecule has 0 aliphatic carbocycles. The van der Waals surface area contributed by atoms with E-state index in [1.165, 1.54) is 0 Å². The summed E-state index contributed by atoms with van der Waals surface area (Å²) in [6.45, 7) is 1.84. The number of rotatable bonds is 4. The average Bonchev–Trinajstić information content (AvgIpc) is 2.61. The molecule has 2 aromatic rings. The molecule has 0 bridgehead atoms. The maximum absolute atomic E-state index is 9.18. The Balaban J connectivity index is 1.72. The van der Waals surface area contributed by atoms with Crippen molar-refractivity contribution in [1.29, 1.82) is 5.26 Å². The molecule has 1 aliphatic heterocycles. The minimum atomic E-state index is 0.274. The molecule has 0 amide bonds. The Labute approximate surface area is 156 Å². The molecule has 1 aliphatic rings. The van der Waals surface area contributed by atoms with E-state index in [1.54, 1.807) is 6.20 Å². The summed E-state index contributed by atoms with van der Waals surface area (Å²) in [4.78, 5) is 13.1. The summed E-state index contributed by atoms with van der Waals surface area (Å²) < 4.78 is 0.929. The Kier molecular flexibility index (Phi) is 5.39. The van der Waals surface area contributed by atoms with Crippen LogP contribution in [0.4, 0.5) is 17.5 Å². The number of nitriles is 1.